The van der Waals surface area contributed by atoms with E-state index in [0.29, 0.717) is 0 Å². The normalized spacial score (nSPS) is 13.5. The zero-order chi connectivity index (χ0) is 23.5. The van der Waals surface area contributed by atoms with Crippen LogP contribution in [0.1, 0.15) is 30.9 Å². The van der Waals surface area contributed by atoms with Crippen molar-refractivity contribution in [3.8, 4) is 0 Å². The van der Waals surface area contributed by atoms with E-state index >= 15 is 0 Å². The van der Waals surface area contributed by atoms with E-state index in [-0.39, 0.29) is 5.41 Å². The first-order valence-corrected chi connectivity index (χ1v) is 12.0. The molecule has 0 saturated heterocycles. The van der Waals surface area contributed by atoms with Crippen LogP contribution >= 0.6 is 0 Å². The Morgan fingerprint density at radius 2 is 1.38 bits per heavy atom. The lowest BCUT2D eigenvalue weighted by Crippen LogP contribution is -2.22. The molecule has 0 aliphatic heterocycles. The van der Waals surface area contributed by atoms with Gasteiger partial charge < -0.3 is 5.32 Å². The van der Waals surface area contributed by atoms with Crippen LogP contribution in [0.25, 0.3) is 38.4 Å². The Bertz CT molecular complexity index is 1520. The molecule has 0 bridgehead atoms. The average Bonchev–Trinajstić information content (AvgIpc) is 2.86. The van der Waals surface area contributed by atoms with Gasteiger partial charge >= 0.3 is 0 Å². The molecule has 1 atom stereocenters. The molecule has 34 heavy (non-hydrogen) atoms. The van der Waals surface area contributed by atoms with Crippen LogP contribution in [0.5, 0.6) is 0 Å². The van der Waals surface area contributed by atoms with Gasteiger partial charge in [0.2, 0.25) is 0 Å². The van der Waals surface area contributed by atoms with Crippen LogP contribution in [0.2, 0.25) is 0 Å². The van der Waals surface area contributed by atoms with Crippen molar-refractivity contribution in [3.63, 3.8) is 0 Å². The molecule has 5 aromatic carbocycles. The lowest BCUT2D eigenvalue weighted by atomic mass is 9.73. The van der Waals surface area contributed by atoms with E-state index in [1.165, 1.54) is 49.1 Å². The molecular weight excluding hydrogens is 410 g/mol. The zero-order valence-corrected chi connectivity index (χ0v) is 20.0. The summed E-state index contributed by atoms with van der Waals surface area (Å²) in [5, 5.41) is 11.1. The van der Waals surface area contributed by atoms with Crippen molar-refractivity contribution < 1.29 is 0 Å². The second-order valence-corrected chi connectivity index (χ2v) is 9.43. The molecule has 1 nitrogen and oxygen atoms in total. The SMILES string of the molecule is C=CCC(C)(C/C=C/c1ccc2cc3ccccc3cc2c1)c1c(NC)ccc2ccccc12. The van der Waals surface area contributed by atoms with Gasteiger partial charge in [-0.05, 0) is 80.6 Å². The first kappa shape index (κ1) is 22.0. The lowest BCUT2D eigenvalue weighted by molar-refractivity contribution is 0.492. The second kappa shape index (κ2) is 9.19. The monoisotopic (exact) mass is 441 g/mol. The molecule has 0 aromatic heterocycles. The van der Waals surface area contributed by atoms with Crippen molar-refractivity contribution in [1.29, 1.82) is 0 Å². The van der Waals surface area contributed by atoms with Crippen molar-refractivity contribution in [1.82, 2.24) is 0 Å². The van der Waals surface area contributed by atoms with Gasteiger partial charge in [-0.3, -0.25) is 0 Å². The van der Waals surface area contributed by atoms with Crippen LogP contribution in [0.4, 0.5) is 5.69 Å². The molecule has 1 heteroatoms. The highest BCUT2D eigenvalue weighted by Crippen LogP contribution is 2.41. The number of hydrogen-bond donors (Lipinski definition) is 1. The standard InChI is InChI=1S/C33H31N/c1-4-19-33(2,32-30-14-8-7-11-25(30)17-18-31(32)34-3)20-9-10-24-15-16-28-22-26-12-5-6-13-27(26)23-29(28)21-24/h4-18,21-23,34H,1,19-20H2,2-3H3/b10-9+. The largest absolute Gasteiger partial charge is 0.388 e. The minimum absolute atomic E-state index is 0.0650. The summed E-state index contributed by atoms with van der Waals surface area (Å²) in [5.74, 6) is 0. The number of allylic oxidation sites excluding steroid dienone is 2. The van der Waals surface area contributed by atoms with Gasteiger partial charge in [-0.25, -0.2) is 0 Å². The first-order chi connectivity index (χ1) is 16.6. The van der Waals surface area contributed by atoms with Gasteiger partial charge in [-0.15, -0.1) is 6.58 Å². The van der Waals surface area contributed by atoms with Crippen molar-refractivity contribution >= 4 is 44.1 Å². The smallest absolute Gasteiger partial charge is 0.0382 e. The minimum Gasteiger partial charge on any atom is -0.388 e. The topological polar surface area (TPSA) is 12.0 Å². The van der Waals surface area contributed by atoms with E-state index in [0.717, 1.165) is 12.8 Å². The molecule has 1 unspecified atom stereocenters. The first-order valence-electron chi connectivity index (χ1n) is 12.0. The molecule has 0 aliphatic carbocycles. The third kappa shape index (κ3) is 4.10. The summed E-state index contributed by atoms with van der Waals surface area (Å²) in [6.07, 6.45) is 8.48. The summed E-state index contributed by atoms with van der Waals surface area (Å²) in [6.45, 7) is 6.44. The Labute approximate surface area is 202 Å². The minimum atomic E-state index is -0.0650. The van der Waals surface area contributed by atoms with Crippen LogP contribution in [0.15, 0.2) is 110 Å². The zero-order valence-electron chi connectivity index (χ0n) is 20.0. The summed E-state index contributed by atoms with van der Waals surface area (Å²) >= 11 is 0. The summed E-state index contributed by atoms with van der Waals surface area (Å²) in [4.78, 5) is 0. The summed E-state index contributed by atoms with van der Waals surface area (Å²) < 4.78 is 0. The van der Waals surface area contributed by atoms with E-state index < -0.39 is 0 Å². The molecule has 5 aromatic rings. The highest BCUT2D eigenvalue weighted by Gasteiger charge is 2.28. The average molecular weight is 442 g/mol. The van der Waals surface area contributed by atoms with Crippen LogP contribution in [-0.4, -0.2) is 7.05 Å². The molecule has 0 saturated carbocycles. The molecule has 0 fully saturated rings. The van der Waals surface area contributed by atoms with E-state index in [4.69, 9.17) is 0 Å². The maximum Gasteiger partial charge on any atom is 0.0382 e. The van der Waals surface area contributed by atoms with Crippen molar-refractivity contribution in [3.05, 3.63) is 121 Å². The number of benzene rings is 5. The Morgan fingerprint density at radius 1 is 0.735 bits per heavy atom. The van der Waals surface area contributed by atoms with Gasteiger partial charge in [0.05, 0.1) is 0 Å². The molecule has 0 amide bonds. The van der Waals surface area contributed by atoms with Crippen LogP contribution in [-0.2, 0) is 5.41 Å². The van der Waals surface area contributed by atoms with E-state index in [1.807, 2.05) is 7.05 Å². The van der Waals surface area contributed by atoms with Crippen molar-refractivity contribution in [2.75, 3.05) is 12.4 Å². The molecular formula is C33H31N. The Morgan fingerprint density at radius 3 is 2.12 bits per heavy atom. The maximum absolute atomic E-state index is 4.09. The number of rotatable bonds is 7. The van der Waals surface area contributed by atoms with Gasteiger partial charge in [-0.2, -0.15) is 0 Å². The van der Waals surface area contributed by atoms with Crippen molar-refractivity contribution in [2.24, 2.45) is 0 Å². The third-order valence-corrected chi connectivity index (χ3v) is 7.00. The Hall–Kier alpha value is -3.84. The second-order valence-electron chi connectivity index (χ2n) is 9.43. The van der Waals surface area contributed by atoms with E-state index in [1.54, 1.807) is 0 Å². The van der Waals surface area contributed by atoms with Crippen molar-refractivity contribution in [2.45, 2.75) is 25.2 Å². The molecule has 168 valence electrons. The molecule has 0 heterocycles. The van der Waals surface area contributed by atoms with Gasteiger partial charge in [0.25, 0.3) is 0 Å². The predicted molar refractivity (Wildman–Crippen MR) is 151 cm³/mol. The summed E-state index contributed by atoms with van der Waals surface area (Å²) in [5.41, 5.74) is 3.72. The molecule has 5 rings (SSSR count). The Kier molecular flexibility index (Phi) is 5.94. The summed E-state index contributed by atoms with van der Waals surface area (Å²) in [7, 11) is 2.01. The fraction of sp³-hybridized carbons (Fsp3) is 0.152. The van der Waals surface area contributed by atoms with Gasteiger partial charge in [0, 0.05) is 18.2 Å². The van der Waals surface area contributed by atoms with E-state index in [9.17, 15) is 0 Å². The molecule has 0 spiro atoms. The molecule has 0 aliphatic rings. The van der Waals surface area contributed by atoms with Gasteiger partial charge in [-0.1, -0.05) is 91.9 Å². The van der Waals surface area contributed by atoms with E-state index in [2.05, 4.69) is 128 Å². The van der Waals surface area contributed by atoms with Gasteiger partial charge in [0.15, 0.2) is 0 Å². The highest BCUT2D eigenvalue weighted by atomic mass is 14.8. The van der Waals surface area contributed by atoms with Gasteiger partial charge in [0.1, 0.15) is 0 Å². The van der Waals surface area contributed by atoms with Crippen LogP contribution in [0, 0.1) is 0 Å². The maximum atomic E-state index is 4.09. The number of anilines is 1. The highest BCUT2D eigenvalue weighted by molar-refractivity contribution is 5.99. The Balaban J connectivity index is 1.50. The number of fused-ring (bicyclic) bond motifs is 3. The lowest BCUT2D eigenvalue weighted by Gasteiger charge is -2.31. The third-order valence-electron chi connectivity index (χ3n) is 7.00. The molecule has 1 N–H and O–H groups in total. The number of nitrogens with one attached hydrogen (secondary N) is 1. The predicted octanol–water partition coefficient (Wildman–Crippen LogP) is 9.13. The van der Waals surface area contributed by atoms with Crippen LogP contribution in [0.3, 0.4) is 0 Å². The quantitative estimate of drug-likeness (QED) is 0.196. The molecule has 0 radical (unpaired) electrons. The van der Waals surface area contributed by atoms with Crippen LogP contribution < -0.4 is 5.32 Å². The number of hydrogen-bond acceptors (Lipinski definition) is 1. The fourth-order valence-electron chi connectivity index (χ4n) is 5.25. The fourth-order valence-corrected chi connectivity index (χ4v) is 5.25. The summed E-state index contributed by atoms with van der Waals surface area (Å²) in [6, 6.07) is 33.0.